The molecule has 0 bridgehead atoms. The number of carbonyl (C=O) groups is 1. The number of hydrogen-bond acceptors (Lipinski definition) is 3. The maximum Gasteiger partial charge on any atom is 0.230 e. The van der Waals surface area contributed by atoms with Crippen LogP contribution >= 0.6 is 0 Å². The summed E-state index contributed by atoms with van der Waals surface area (Å²) >= 11 is 0. The molecule has 0 unspecified atom stereocenters. The van der Waals surface area contributed by atoms with Gasteiger partial charge in [0.2, 0.25) is 5.91 Å². The first-order valence-corrected chi connectivity index (χ1v) is 8.05. The molecule has 2 N–H and O–H groups in total. The standard InChI is InChI=1S/C17H25N3O/c1-17(8-10-18-11-9-17)16(21)19-14-6-2-3-7-15(14)20-12-4-5-13-20/h2-3,6-7,18H,4-5,8-13H2,1H3,(H,19,21). The normalized spacial score (nSPS) is 21.3. The second kappa shape index (κ2) is 6.06. The van der Waals surface area contributed by atoms with Gasteiger partial charge >= 0.3 is 0 Å². The number of carbonyl (C=O) groups excluding carboxylic acids is 1. The Labute approximate surface area is 126 Å². The molecule has 1 aromatic rings. The number of nitrogens with one attached hydrogen (secondary N) is 2. The Kier molecular flexibility index (Phi) is 4.15. The third-order valence-corrected chi connectivity index (χ3v) is 4.85. The van der Waals surface area contributed by atoms with E-state index >= 15 is 0 Å². The van der Waals surface area contributed by atoms with E-state index in [9.17, 15) is 4.79 Å². The van der Waals surface area contributed by atoms with Crippen molar-refractivity contribution in [1.29, 1.82) is 0 Å². The molecule has 2 fully saturated rings. The molecule has 2 saturated heterocycles. The van der Waals surface area contributed by atoms with Crippen LogP contribution in [-0.2, 0) is 4.79 Å². The topological polar surface area (TPSA) is 44.4 Å². The van der Waals surface area contributed by atoms with Gasteiger partial charge in [0.25, 0.3) is 0 Å². The average molecular weight is 287 g/mol. The van der Waals surface area contributed by atoms with E-state index in [-0.39, 0.29) is 11.3 Å². The summed E-state index contributed by atoms with van der Waals surface area (Å²) in [6.45, 7) is 6.12. The summed E-state index contributed by atoms with van der Waals surface area (Å²) in [6, 6.07) is 8.19. The Morgan fingerprint density at radius 1 is 1.19 bits per heavy atom. The molecule has 4 heteroatoms. The SMILES string of the molecule is CC1(C(=O)Nc2ccccc2N2CCCC2)CCNCC1. The highest BCUT2D eigenvalue weighted by atomic mass is 16.2. The van der Waals surface area contributed by atoms with Crippen molar-refractivity contribution in [2.45, 2.75) is 32.6 Å². The van der Waals surface area contributed by atoms with E-state index in [1.54, 1.807) is 0 Å². The first kappa shape index (κ1) is 14.4. The van der Waals surface area contributed by atoms with Crippen molar-refractivity contribution < 1.29 is 4.79 Å². The second-order valence-electron chi connectivity index (χ2n) is 6.48. The molecule has 0 saturated carbocycles. The smallest absolute Gasteiger partial charge is 0.230 e. The number of rotatable bonds is 3. The van der Waals surface area contributed by atoms with Gasteiger partial charge in [-0.25, -0.2) is 0 Å². The first-order valence-electron chi connectivity index (χ1n) is 8.05. The third kappa shape index (κ3) is 3.05. The van der Waals surface area contributed by atoms with Crippen molar-refractivity contribution in [2.75, 3.05) is 36.4 Å². The van der Waals surface area contributed by atoms with Crippen LogP contribution in [0.15, 0.2) is 24.3 Å². The highest BCUT2D eigenvalue weighted by Gasteiger charge is 2.35. The van der Waals surface area contributed by atoms with E-state index in [0.29, 0.717) is 0 Å². The van der Waals surface area contributed by atoms with E-state index in [1.807, 2.05) is 12.1 Å². The van der Waals surface area contributed by atoms with Gasteiger partial charge in [-0.15, -0.1) is 0 Å². The molecular weight excluding hydrogens is 262 g/mol. The summed E-state index contributed by atoms with van der Waals surface area (Å²) in [7, 11) is 0. The summed E-state index contributed by atoms with van der Waals surface area (Å²) < 4.78 is 0. The molecule has 0 radical (unpaired) electrons. The molecule has 2 aliphatic rings. The minimum atomic E-state index is -0.247. The maximum atomic E-state index is 12.7. The van der Waals surface area contributed by atoms with Gasteiger partial charge in [0.05, 0.1) is 11.4 Å². The fourth-order valence-corrected chi connectivity index (χ4v) is 3.29. The summed E-state index contributed by atoms with van der Waals surface area (Å²) in [5, 5.41) is 6.52. The monoisotopic (exact) mass is 287 g/mol. The largest absolute Gasteiger partial charge is 0.370 e. The van der Waals surface area contributed by atoms with Crippen LogP contribution in [0.3, 0.4) is 0 Å². The van der Waals surface area contributed by atoms with Crippen LogP contribution in [0.5, 0.6) is 0 Å². The lowest BCUT2D eigenvalue weighted by Gasteiger charge is -2.33. The predicted molar refractivity (Wildman–Crippen MR) is 86.7 cm³/mol. The van der Waals surface area contributed by atoms with Crippen LogP contribution in [0.2, 0.25) is 0 Å². The van der Waals surface area contributed by atoms with E-state index in [2.05, 4.69) is 34.6 Å². The summed E-state index contributed by atoms with van der Waals surface area (Å²) in [5.74, 6) is 0.163. The lowest BCUT2D eigenvalue weighted by molar-refractivity contribution is -0.126. The van der Waals surface area contributed by atoms with E-state index in [0.717, 1.165) is 44.7 Å². The van der Waals surface area contributed by atoms with Gasteiger partial charge in [-0.2, -0.15) is 0 Å². The van der Waals surface area contributed by atoms with Crippen LogP contribution in [0, 0.1) is 5.41 Å². The Morgan fingerprint density at radius 2 is 1.86 bits per heavy atom. The molecular formula is C17H25N3O. The predicted octanol–water partition coefficient (Wildman–Crippen LogP) is 2.62. The Hall–Kier alpha value is -1.55. The van der Waals surface area contributed by atoms with Gasteiger partial charge in [0.15, 0.2) is 0 Å². The van der Waals surface area contributed by atoms with Crippen LogP contribution < -0.4 is 15.5 Å². The zero-order valence-corrected chi connectivity index (χ0v) is 12.8. The van der Waals surface area contributed by atoms with Gasteiger partial charge in [0, 0.05) is 18.5 Å². The molecule has 0 spiro atoms. The minimum absolute atomic E-state index is 0.163. The van der Waals surface area contributed by atoms with Crippen molar-refractivity contribution in [3.05, 3.63) is 24.3 Å². The van der Waals surface area contributed by atoms with Crippen molar-refractivity contribution in [3.8, 4) is 0 Å². The zero-order valence-electron chi connectivity index (χ0n) is 12.8. The van der Waals surface area contributed by atoms with Gasteiger partial charge in [-0.1, -0.05) is 19.1 Å². The Balaban J connectivity index is 1.76. The van der Waals surface area contributed by atoms with Crippen LogP contribution in [0.1, 0.15) is 32.6 Å². The minimum Gasteiger partial charge on any atom is -0.370 e. The highest BCUT2D eigenvalue weighted by molar-refractivity contribution is 5.98. The molecule has 114 valence electrons. The maximum absolute atomic E-state index is 12.7. The molecule has 3 rings (SSSR count). The zero-order chi connectivity index (χ0) is 14.7. The van der Waals surface area contributed by atoms with E-state index in [4.69, 9.17) is 0 Å². The number of para-hydroxylation sites is 2. The number of hydrogen-bond donors (Lipinski definition) is 2. The van der Waals surface area contributed by atoms with Gasteiger partial charge in [-0.3, -0.25) is 4.79 Å². The van der Waals surface area contributed by atoms with Crippen LogP contribution in [0.4, 0.5) is 11.4 Å². The average Bonchev–Trinajstić information content (AvgIpc) is 3.02. The van der Waals surface area contributed by atoms with Crippen LogP contribution in [-0.4, -0.2) is 32.1 Å². The number of nitrogens with zero attached hydrogens (tertiary/aromatic N) is 1. The van der Waals surface area contributed by atoms with Gasteiger partial charge in [-0.05, 0) is 50.9 Å². The van der Waals surface area contributed by atoms with Gasteiger partial charge in [0.1, 0.15) is 0 Å². The number of piperidine rings is 1. The second-order valence-corrected chi connectivity index (χ2v) is 6.48. The van der Waals surface area contributed by atoms with Crippen molar-refractivity contribution >= 4 is 17.3 Å². The van der Waals surface area contributed by atoms with Crippen molar-refractivity contribution in [3.63, 3.8) is 0 Å². The molecule has 1 amide bonds. The quantitative estimate of drug-likeness (QED) is 0.898. The molecule has 0 aliphatic carbocycles. The lowest BCUT2D eigenvalue weighted by Crippen LogP contribution is -2.43. The molecule has 21 heavy (non-hydrogen) atoms. The molecule has 0 atom stereocenters. The number of anilines is 2. The van der Waals surface area contributed by atoms with Crippen LogP contribution in [0.25, 0.3) is 0 Å². The molecule has 4 nitrogen and oxygen atoms in total. The molecule has 2 heterocycles. The number of benzene rings is 1. The van der Waals surface area contributed by atoms with E-state index < -0.39 is 0 Å². The summed E-state index contributed by atoms with van der Waals surface area (Å²) in [4.78, 5) is 15.1. The Morgan fingerprint density at radius 3 is 2.57 bits per heavy atom. The number of amides is 1. The molecule has 2 aliphatic heterocycles. The summed E-state index contributed by atoms with van der Waals surface area (Å²) in [6.07, 6.45) is 4.30. The molecule has 1 aromatic carbocycles. The third-order valence-electron chi connectivity index (χ3n) is 4.85. The Bertz CT molecular complexity index is 503. The molecule has 0 aromatic heterocycles. The fraction of sp³-hybridized carbons (Fsp3) is 0.588. The fourth-order valence-electron chi connectivity index (χ4n) is 3.29. The van der Waals surface area contributed by atoms with E-state index in [1.165, 1.54) is 18.5 Å². The summed E-state index contributed by atoms with van der Waals surface area (Å²) in [5.41, 5.74) is 1.88. The first-order chi connectivity index (χ1) is 10.2. The van der Waals surface area contributed by atoms with Gasteiger partial charge < -0.3 is 15.5 Å². The van der Waals surface area contributed by atoms with Crippen molar-refractivity contribution in [2.24, 2.45) is 5.41 Å². The lowest BCUT2D eigenvalue weighted by atomic mass is 9.80. The van der Waals surface area contributed by atoms with Crippen molar-refractivity contribution in [1.82, 2.24) is 5.32 Å². The highest BCUT2D eigenvalue weighted by Crippen LogP contribution is 2.33.